The first-order valence-corrected chi connectivity index (χ1v) is 13.3. The molecule has 0 saturated heterocycles. The molecule has 2 aromatic heterocycles. The number of thioether (sulfide) groups is 2. The van der Waals surface area contributed by atoms with Crippen LogP contribution in [0.4, 0.5) is 5.13 Å². The molecule has 3 rings (SSSR count). The lowest BCUT2D eigenvalue weighted by Gasteiger charge is -2.11. The van der Waals surface area contributed by atoms with E-state index in [0.29, 0.717) is 28.3 Å². The Morgan fingerprint density at radius 3 is 2.67 bits per heavy atom. The average molecular weight is 506 g/mol. The summed E-state index contributed by atoms with van der Waals surface area (Å²) < 4.78 is 6.97. The van der Waals surface area contributed by atoms with Crippen LogP contribution in [0, 0.1) is 6.92 Å². The highest BCUT2D eigenvalue weighted by molar-refractivity contribution is 8.00. The smallest absolute Gasteiger partial charge is 0.311 e. The molecule has 1 atom stereocenters. The van der Waals surface area contributed by atoms with Gasteiger partial charge in [0.25, 0.3) is 0 Å². The van der Waals surface area contributed by atoms with Crippen LogP contribution in [0.25, 0.3) is 0 Å². The molecule has 0 saturated carbocycles. The van der Waals surface area contributed by atoms with Crippen molar-refractivity contribution in [2.24, 2.45) is 0 Å². The average Bonchev–Trinajstić information content (AvgIpc) is 3.39. The topological polar surface area (TPSA) is 99.0 Å². The summed E-state index contributed by atoms with van der Waals surface area (Å²) in [6.45, 7) is 8.74. The van der Waals surface area contributed by atoms with Crippen LogP contribution in [0.1, 0.15) is 37.9 Å². The summed E-state index contributed by atoms with van der Waals surface area (Å²) in [5.41, 5.74) is 1.81. The molecule has 0 radical (unpaired) electrons. The molecule has 0 aliphatic heterocycles. The van der Waals surface area contributed by atoms with Crippen molar-refractivity contribution < 1.29 is 14.3 Å². The van der Waals surface area contributed by atoms with Crippen molar-refractivity contribution in [3.05, 3.63) is 46.7 Å². The summed E-state index contributed by atoms with van der Waals surface area (Å²) in [5.74, 6) is 1.06. The number of thiazole rings is 1. The molecule has 1 unspecified atom stereocenters. The van der Waals surface area contributed by atoms with Crippen LogP contribution in [0.5, 0.6) is 0 Å². The standard InChI is InChI=1S/C22H27N5O3S3/c1-5-27-18(13-31-17-9-7-14(3)8-10-17)25-26-22(27)33-15(4)20(29)24-21-23-16(12-32-21)11-19(28)30-6-2/h7-10,12,15H,5-6,11,13H2,1-4H3,(H,23,24,29). The van der Waals surface area contributed by atoms with Gasteiger partial charge in [-0.3, -0.25) is 9.59 Å². The van der Waals surface area contributed by atoms with Crippen molar-refractivity contribution in [1.29, 1.82) is 0 Å². The molecule has 11 heteroatoms. The molecule has 0 aliphatic carbocycles. The van der Waals surface area contributed by atoms with Gasteiger partial charge in [-0.2, -0.15) is 0 Å². The van der Waals surface area contributed by atoms with Crippen molar-refractivity contribution in [1.82, 2.24) is 19.7 Å². The first kappa shape index (κ1) is 25.3. The van der Waals surface area contributed by atoms with E-state index in [1.165, 1.54) is 33.6 Å². The largest absolute Gasteiger partial charge is 0.466 e. The minimum atomic E-state index is -0.394. The molecule has 176 valence electrons. The fourth-order valence-corrected chi connectivity index (χ4v) is 5.32. The summed E-state index contributed by atoms with van der Waals surface area (Å²) >= 11 is 4.35. The third-order valence-electron chi connectivity index (χ3n) is 4.56. The van der Waals surface area contributed by atoms with Crippen molar-refractivity contribution in [3.63, 3.8) is 0 Å². The van der Waals surface area contributed by atoms with Gasteiger partial charge in [-0.05, 0) is 39.8 Å². The first-order valence-electron chi connectivity index (χ1n) is 10.6. The monoisotopic (exact) mass is 505 g/mol. The number of amides is 1. The highest BCUT2D eigenvalue weighted by Gasteiger charge is 2.21. The molecule has 1 amide bonds. The van der Waals surface area contributed by atoms with Crippen LogP contribution in [-0.4, -0.2) is 43.5 Å². The van der Waals surface area contributed by atoms with Gasteiger partial charge in [0, 0.05) is 16.8 Å². The Hall–Kier alpha value is -2.37. The molecule has 0 aliphatic rings. The lowest BCUT2D eigenvalue weighted by molar-refractivity contribution is -0.142. The molecule has 1 N–H and O–H groups in total. The van der Waals surface area contributed by atoms with Gasteiger partial charge in [-0.25, -0.2) is 4.98 Å². The Labute approximate surface area is 205 Å². The number of carbonyl (C=O) groups is 2. The number of esters is 1. The molecular formula is C22H27N5O3S3. The minimum absolute atomic E-state index is 0.0908. The number of ether oxygens (including phenoxy) is 1. The highest BCUT2D eigenvalue weighted by atomic mass is 32.2. The number of hydrogen-bond donors (Lipinski definition) is 1. The number of aryl methyl sites for hydroxylation is 1. The molecule has 2 heterocycles. The molecule has 33 heavy (non-hydrogen) atoms. The SMILES string of the molecule is CCOC(=O)Cc1csc(NC(=O)C(C)Sc2nnc(CSc3ccc(C)cc3)n2CC)n1. The van der Waals surface area contributed by atoms with Crippen LogP contribution in [0.15, 0.2) is 39.7 Å². The summed E-state index contributed by atoms with van der Waals surface area (Å²) in [4.78, 5) is 29.7. The number of nitrogens with one attached hydrogen (secondary N) is 1. The zero-order valence-corrected chi connectivity index (χ0v) is 21.5. The number of aromatic nitrogens is 4. The summed E-state index contributed by atoms with van der Waals surface area (Å²) in [6.07, 6.45) is 0.0908. The molecule has 0 spiro atoms. The van der Waals surface area contributed by atoms with Gasteiger partial charge in [-0.1, -0.05) is 29.5 Å². The van der Waals surface area contributed by atoms with Gasteiger partial charge in [0.2, 0.25) is 5.91 Å². The van der Waals surface area contributed by atoms with Gasteiger partial charge < -0.3 is 14.6 Å². The third kappa shape index (κ3) is 7.31. The van der Waals surface area contributed by atoms with Gasteiger partial charge in [0.05, 0.1) is 29.7 Å². The molecule has 8 nitrogen and oxygen atoms in total. The second-order valence-corrected chi connectivity index (χ2v) is 10.3. The fraction of sp³-hybridized carbons (Fsp3) is 0.409. The maximum absolute atomic E-state index is 12.7. The van der Waals surface area contributed by atoms with Crippen LogP contribution in [-0.2, 0) is 33.0 Å². The van der Waals surface area contributed by atoms with E-state index in [1.807, 2.05) is 18.4 Å². The van der Waals surface area contributed by atoms with E-state index in [2.05, 4.69) is 51.7 Å². The van der Waals surface area contributed by atoms with E-state index in [1.54, 1.807) is 24.1 Å². The number of anilines is 1. The highest BCUT2D eigenvalue weighted by Crippen LogP contribution is 2.27. The summed E-state index contributed by atoms with van der Waals surface area (Å²) in [7, 11) is 0. The normalized spacial score (nSPS) is 11.9. The third-order valence-corrected chi connectivity index (χ3v) is 7.46. The predicted molar refractivity (Wildman–Crippen MR) is 133 cm³/mol. The maximum Gasteiger partial charge on any atom is 0.311 e. The molecular weight excluding hydrogens is 478 g/mol. The summed E-state index contributed by atoms with van der Waals surface area (Å²) in [6, 6.07) is 8.39. The predicted octanol–water partition coefficient (Wildman–Crippen LogP) is 4.58. The number of carbonyl (C=O) groups excluding carboxylic acids is 2. The molecule has 0 fully saturated rings. The van der Waals surface area contributed by atoms with E-state index < -0.39 is 5.25 Å². The number of rotatable bonds is 11. The van der Waals surface area contributed by atoms with Crippen molar-refractivity contribution >= 4 is 51.9 Å². The van der Waals surface area contributed by atoms with Crippen LogP contribution < -0.4 is 5.32 Å². The Balaban J connectivity index is 1.56. The Morgan fingerprint density at radius 2 is 1.97 bits per heavy atom. The number of hydrogen-bond acceptors (Lipinski definition) is 9. The Kier molecular flexibility index (Phi) is 9.33. The second kappa shape index (κ2) is 12.2. The quantitative estimate of drug-likeness (QED) is 0.299. The zero-order valence-electron chi connectivity index (χ0n) is 19.0. The van der Waals surface area contributed by atoms with Gasteiger partial charge in [0.15, 0.2) is 10.3 Å². The van der Waals surface area contributed by atoms with Crippen LogP contribution in [0.3, 0.4) is 0 Å². The van der Waals surface area contributed by atoms with Gasteiger partial charge >= 0.3 is 5.97 Å². The zero-order chi connectivity index (χ0) is 23.8. The van der Waals surface area contributed by atoms with Crippen LogP contribution >= 0.6 is 34.9 Å². The van der Waals surface area contributed by atoms with Crippen molar-refractivity contribution in [3.8, 4) is 0 Å². The second-order valence-electron chi connectivity index (χ2n) is 7.12. The van der Waals surface area contributed by atoms with Crippen LogP contribution in [0.2, 0.25) is 0 Å². The van der Waals surface area contributed by atoms with E-state index in [0.717, 1.165) is 12.4 Å². The van der Waals surface area contributed by atoms with Crippen molar-refractivity contribution in [2.75, 3.05) is 11.9 Å². The fourth-order valence-electron chi connectivity index (χ4n) is 2.84. The van der Waals surface area contributed by atoms with E-state index in [-0.39, 0.29) is 18.3 Å². The van der Waals surface area contributed by atoms with Gasteiger partial charge in [-0.15, -0.1) is 33.3 Å². The van der Waals surface area contributed by atoms with E-state index in [4.69, 9.17) is 4.74 Å². The maximum atomic E-state index is 12.7. The lowest BCUT2D eigenvalue weighted by atomic mass is 10.2. The minimum Gasteiger partial charge on any atom is -0.466 e. The van der Waals surface area contributed by atoms with Gasteiger partial charge in [0.1, 0.15) is 5.82 Å². The molecule has 1 aromatic carbocycles. The molecule has 0 bridgehead atoms. The Morgan fingerprint density at radius 1 is 1.21 bits per heavy atom. The summed E-state index contributed by atoms with van der Waals surface area (Å²) in [5, 5.41) is 14.0. The Bertz CT molecular complexity index is 1080. The number of nitrogens with zero attached hydrogens (tertiary/aromatic N) is 4. The molecule has 3 aromatic rings. The number of benzene rings is 1. The van der Waals surface area contributed by atoms with Crippen molar-refractivity contribution in [2.45, 2.75) is 61.7 Å². The first-order chi connectivity index (χ1) is 15.9. The van der Waals surface area contributed by atoms with E-state index in [9.17, 15) is 9.59 Å². The van der Waals surface area contributed by atoms with E-state index >= 15 is 0 Å². The lowest BCUT2D eigenvalue weighted by Crippen LogP contribution is -2.23.